The van der Waals surface area contributed by atoms with Crippen molar-refractivity contribution in [1.29, 1.82) is 0 Å². The Labute approximate surface area is 145 Å². The van der Waals surface area contributed by atoms with Gasteiger partial charge in [-0.15, -0.1) is 0 Å². The fourth-order valence-corrected chi connectivity index (χ4v) is 2.79. The number of rotatable bonds is 7. The van der Waals surface area contributed by atoms with Crippen LogP contribution in [0.4, 0.5) is 0 Å². The molecule has 2 aromatic rings. The van der Waals surface area contributed by atoms with Crippen molar-refractivity contribution in [1.82, 2.24) is 15.3 Å². The van der Waals surface area contributed by atoms with E-state index in [1.165, 1.54) is 19.2 Å². The third-order valence-corrected chi connectivity index (χ3v) is 4.45. The highest BCUT2D eigenvalue weighted by Gasteiger charge is 2.27. The van der Waals surface area contributed by atoms with E-state index in [9.17, 15) is 4.79 Å². The Kier molecular flexibility index (Phi) is 4.65. The number of oxazole rings is 1. The third-order valence-electron chi connectivity index (χ3n) is 4.45. The van der Waals surface area contributed by atoms with Gasteiger partial charge in [-0.1, -0.05) is 6.07 Å². The minimum absolute atomic E-state index is 0.173. The first-order valence-corrected chi connectivity index (χ1v) is 8.70. The van der Waals surface area contributed by atoms with E-state index in [2.05, 4.69) is 15.3 Å². The second kappa shape index (κ2) is 7.23. The van der Waals surface area contributed by atoms with Crippen molar-refractivity contribution in [3.05, 3.63) is 41.7 Å². The average molecular weight is 343 g/mol. The Bertz CT molecular complexity index is 718. The summed E-state index contributed by atoms with van der Waals surface area (Å²) in [7, 11) is 0. The molecule has 1 saturated heterocycles. The van der Waals surface area contributed by atoms with Crippen molar-refractivity contribution >= 4 is 5.91 Å². The maximum atomic E-state index is 12.4. The lowest BCUT2D eigenvalue weighted by Gasteiger charge is -2.09. The van der Waals surface area contributed by atoms with Crippen LogP contribution in [-0.2, 0) is 11.3 Å². The molecule has 2 aromatic heterocycles. The lowest BCUT2D eigenvalue weighted by molar-refractivity contribution is 0.0860. The van der Waals surface area contributed by atoms with Crippen molar-refractivity contribution in [3.63, 3.8) is 0 Å². The number of carbonyl (C=O) groups is 1. The van der Waals surface area contributed by atoms with Crippen molar-refractivity contribution in [2.75, 3.05) is 13.2 Å². The first kappa shape index (κ1) is 16.1. The molecular formula is C18H21N3O4. The summed E-state index contributed by atoms with van der Waals surface area (Å²) in [6.07, 6.45) is 7.15. The van der Waals surface area contributed by atoms with Gasteiger partial charge in [-0.05, 0) is 37.2 Å². The van der Waals surface area contributed by atoms with E-state index < -0.39 is 0 Å². The molecule has 7 heteroatoms. The lowest BCUT2D eigenvalue weighted by Crippen LogP contribution is -2.24. The fraction of sp³-hybridized carbons (Fsp3) is 0.500. The maximum Gasteiger partial charge on any atom is 0.273 e. The van der Waals surface area contributed by atoms with Crippen LogP contribution in [0.25, 0.3) is 0 Å². The molecule has 1 atom stereocenters. The number of carbonyl (C=O) groups excluding carboxylic acids is 1. The van der Waals surface area contributed by atoms with E-state index in [4.69, 9.17) is 13.9 Å². The van der Waals surface area contributed by atoms with Gasteiger partial charge in [0, 0.05) is 25.4 Å². The molecule has 4 rings (SSSR count). The third kappa shape index (κ3) is 3.99. The minimum atomic E-state index is -0.270. The van der Waals surface area contributed by atoms with Gasteiger partial charge in [0.15, 0.2) is 17.8 Å². The summed E-state index contributed by atoms with van der Waals surface area (Å²) < 4.78 is 16.5. The molecule has 0 unspecified atom stereocenters. The van der Waals surface area contributed by atoms with Crippen LogP contribution in [0.3, 0.4) is 0 Å². The second-order valence-corrected chi connectivity index (χ2v) is 6.51. The molecule has 2 fully saturated rings. The van der Waals surface area contributed by atoms with Gasteiger partial charge in [0.1, 0.15) is 6.10 Å². The summed E-state index contributed by atoms with van der Waals surface area (Å²) in [6.45, 7) is 1.79. The molecule has 1 amide bonds. The highest BCUT2D eigenvalue weighted by atomic mass is 16.5. The van der Waals surface area contributed by atoms with Crippen LogP contribution in [0.1, 0.15) is 53.6 Å². The van der Waals surface area contributed by atoms with Crippen LogP contribution in [-0.4, -0.2) is 29.1 Å². The predicted octanol–water partition coefficient (Wildman–Crippen LogP) is 2.64. The van der Waals surface area contributed by atoms with Gasteiger partial charge in [0.05, 0.1) is 6.61 Å². The van der Waals surface area contributed by atoms with Gasteiger partial charge in [-0.3, -0.25) is 4.79 Å². The minimum Gasteiger partial charge on any atom is -0.477 e. The maximum absolute atomic E-state index is 12.4. The standard InChI is InChI=1S/C18H21N3O4/c22-18(16-17(25-11-21-16)14-2-1-7-23-14)20-9-13-5-6-15(19-8-13)24-10-12-3-4-12/h5-6,8,11-12,14H,1-4,7,9-10H2,(H,20,22)/t14-/m0/s1. The quantitative estimate of drug-likeness (QED) is 0.832. The zero-order valence-electron chi connectivity index (χ0n) is 13.9. The number of hydrogen-bond donors (Lipinski definition) is 1. The number of hydrogen-bond acceptors (Lipinski definition) is 6. The largest absolute Gasteiger partial charge is 0.477 e. The van der Waals surface area contributed by atoms with E-state index in [0.717, 1.165) is 25.0 Å². The van der Waals surface area contributed by atoms with E-state index >= 15 is 0 Å². The average Bonchev–Trinajstić information content (AvgIpc) is 3.11. The van der Waals surface area contributed by atoms with E-state index in [0.29, 0.717) is 36.4 Å². The van der Waals surface area contributed by atoms with Crippen LogP contribution in [0.2, 0.25) is 0 Å². The second-order valence-electron chi connectivity index (χ2n) is 6.51. The van der Waals surface area contributed by atoms with E-state index in [1.807, 2.05) is 12.1 Å². The predicted molar refractivity (Wildman–Crippen MR) is 88.1 cm³/mol. The number of aromatic nitrogens is 2. The van der Waals surface area contributed by atoms with Gasteiger partial charge >= 0.3 is 0 Å². The summed E-state index contributed by atoms with van der Waals surface area (Å²) in [4.78, 5) is 20.7. The highest BCUT2D eigenvalue weighted by molar-refractivity contribution is 5.93. The molecule has 0 spiro atoms. The molecular weight excluding hydrogens is 322 g/mol. The van der Waals surface area contributed by atoms with Crippen LogP contribution in [0.15, 0.2) is 29.1 Å². The van der Waals surface area contributed by atoms with Gasteiger partial charge in [-0.2, -0.15) is 0 Å². The fourth-order valence-electron chi connectivity index (χ4n) is 2.79. The Balaban J connectivity index is 1.31. The SMILES string of the molecule is O=C(NCc1ccc(OCC2CC2)nc1)c1ncoc1[C@@H]1CCCO1. The van der Waals surface area contributed by atoms with Gasteiger partial charge in [0.25, 0.3) is 5.91 Å². The van der Waals surface area contributed by atoms with E-state index in [-0.39, 0.29) is 12.0 Å². The summed E-state index contributed by atoms with van der Waals surface area (Å²) in [5.41, 5.74) is 1.19. The van der Waals surface area contributed by atoms with Crippen molar-refractivity contribution < 1.29 is 18.7 Å². The molecule has 0 radical (unpaired) electrons. The van der Waals surface area contributed by atoms with Gasteiger partial charge in [-0.25, -0.2) is 9.97 Å². The van der Waals surface area contributed by atoms with Crippen LogP contribution in [0.5, 0.6) is 5.88 Å². The molecule has 25 heavy (non-hydrogen) atoms. The molecule has 132 valence electrons. The normalized spacial score (nSPS) is 19.8. The first-order chi connectivity index (χ1) is 12.3. The van der Waals surface area contributed by atoms with Crippen molar-refractivity contribution in [2.45, 2.75) is 38.3 Å². The molecule has 1 N–H and O–H groups in total. The summed E-state index contributed by atoms with van der Waals surface area (Å²) in [6, 6.07) is 3.73. The Hall–Kier alpha value is -2.41. The summed E-state index contributed by atoms with van der Waals surface area (Å²) in [5.74, 6) is 1.56. The Morgan fingerprint density at radius 3 is 2.92 bits per heavy atom. The molecule has 0 bridgehead atoms. The Morgan fingerprint density at radius 1 is 1.28 bits per heavy atom. The van der Waals surface area contributed by atoms with Gasteiger partial charge < -0.3 is 19.2 Å². The topological polar surface area (TPSA) is 86.5 Å². The summed E-state index contributed by atoms with van der Waals surface area (Å²) >= 11 is 0. The van der Waals surface area contributed by atoms with Gasteiger partial charge in [0.2, 0.25) is 5.88 Å². The summed E-state index contributed by atoms with van der Waals surface area (Å²) in [5, 5.41) is 2.85. The van der Waals surface area contributed by atoms with Crippen LogP contribution < -0.4 is 10.1 Å². The monoisotopic (exact) mass is 343 g/mol. The molecule has 1 aliphatic carbocycles. The van der Waals surface area contributed by atoms with Crippen molar-refractivity contribution in [3.8, 4) is 5.88 Å². The molecule has 2 aliphatic rings. The molecule has 3 heterocycles. The molecule has 7 nitrogen and oxygen atoms in total. The lowest BCUT2D eigenvalue weighted by atomic mass is 10.1. The zero-order valence-corrected chi connectivity index (χ0v) is 13.9. The number of nitrogens with one attached hydrogen (secondary N) is 1. The number of ether oxygens (including phenoxy) is 2. The highest BCUT2D eigenvalue weighted by Crippen LogP contribution is 2.30. The van der Waals surface area contributed by atoms with E-state index in [1.54, 1.807) is 6.20 Å². The number of pyridine rings is 1. The van der Waals surface area contributed by atoms with Crippen LogP contribution >= 0.6 is 0 Å². The van der Waals surface area contributed by atoms with Crippen molar-refractivity contribution in [2.24, 2.45) is 5.92 Å². The zero-order chi connectivity index (χ0) is 17.1. The molecule has 1 aliphatic heterocycles. The first-order valence-electron chi connectivity index (χ1n) is 8.70. The number of nitrogens with zero attached hydrogens (tertiary/aromatic N) is 2. The molecule has 0 aromatic carbocycles. The smallest absolute Gasteiger partial charge is 0.273 e. The Morgan fingerprint density at radius 2 is 2.20 bits per heavy atom. The van der Waals surface area contributed by atoms with Crippen LogP contribution in [0, 0.1) is 5.92 Å². The molecule has 1 saturated carbocycles. The number of amides is 1.